The largest absolute Gasteiger partial charge is 0.327 e. The van der Waals surface area contributed by atoms with Crippen molar-refractivity contribution in [2.75, 3.05) is 0 Å². The molecule has 0 aromatic heterocycles. The highest BCUT2D eigenvalue weighted by Crippen LogP contribution is 2.12. The van der Waals surface area contributed by atoms with Crippen molar-refractivity contribution in [3.05, 3.63) is 48.1 Å². The summed E-state index contributed by atoms with van der Waals surface area (Å²) in [6, 6.07) is 3.54. The molecule has 0 aliphatic carbocycles. The molecule has 0 bridgehead atoms. The van der Waals surface area contributed by atoms with E-state index in [0.29, 0.717) is 12.0 Å². The van der Waals surface area contributed by atoms with Crippen LogP contribution in [0.25, 0.3) is 0 Å². The molecule has 1 unspecified atom stereocenters. The number of nitrogens with two attached hydrogens (primary N) is 1. The van der Waals surface area contributed by atoms with Crippen LogP contribution in [0.2, 0.25) is 0 Å². The Morgan fingerprint density at radius 2 is 1.78 bits per heavy atom. The van der Waals surface area contributed by atoms with Crippen LogP contribution in [0.4, 0.5) is 8.78 Å². The lowest BCUT2D eigenvalue weighted by molar-refractivity contribution is 0.542. The van der Waals surface area contributed by atoms with Crippen molar-refractivity contribution in [2.45, 2.75) is 44.6 Å². The van der Waals surface area contributed by atoms with Crippen molar-refractivity contribution in [3.63, 3.8) is 0 Å². The van der Waals surface area contributed by atoms with Crippen LogP contribution in [0.1, 0.15) is 37.7 Å². The highest BCUT2D eigenvalue weighted by Gasteiger charge is 2.06. The molecule has 3 heteroatoms. The molecule has 18 heavy (non-hydrogen) atoms. The molecule has 100 valence electrons. The molecule has 0 saturated carbocycles. The lowest BCUT2D eigenvalue weighted by Crippen LogP contribution is -2.22. The maximum Gasteiger partial charge on any atom is 0.126 e. The quantitative estimate of drug-likeness (QED) is 0.550. The summed E-state index contributed by atoms with van der Waals surface area (Å²) < 4.78 is 26.0. The summed E-state index contributed by atoms with van der Waals surface area (Å²) in [4.78, 5) is 0. The van der Waals surface area contributed by atoms with Gasteiger partial charge in [-0.25, -0.2) is 8.78 Å². The van der Waals surface area contributed by atoms with Crippen molar-refractivity contribution in [2.24, 2.45) is 5.73 Å². The lowest BCUT2D eigenvalue weighted by Gasteiger charge is -2.11. The first-order valence-corrected chi connectivity index (χ1v) is 6.43. The van der Waals surface area contributed by atoms with Crippen molar-refractivity contribution in [3.8, 4) is 0 Å². The summed E-state index contributed by atoms with van der Waals surface area (Å²) >= 11 is 0. The Kier molecular flexibility index (Phi) is 6.58. The van der Waals surface area contributed by atoms with Gasteiger partial charge in [0.1, 0.15) is 11.6 Å². The van der Waals surface area contributed by atoms with E-state index in [0.717, 1.165) is 38.2 Å². The maximum atomic E-state index is 13.0. The molecule has 0 heterocycles. The minimum absolute atomic E-state index is 0.0325. The van der Waals surface area contributed by atoms with Crippen LogP contribution in [0.5, 0.6) is 0 Å². The Bertz CT molecular complexity index is 357. The Balaban J connectivity index is 2.30. The van der Waals surface area contributed by atoms with Crippen LogP contribution in [-0.4, -0.2) is 6.04 Å². The van der Waals surface area contributed by atoms with Crippen LogP contribution >= 0.6 is 0 Å². The number of hydrogen-bond donors (Lipinski definition) is 1. The van der Waals surface area contributed by atoms with Crippen molar-refractivity contribution in [1.82, 2.24) is 0 Å². The molecule has 1 rings (SSSR count). The molecule has 0 aliphatic heterocycles. The summed E-state index contributed by atoms with van der Waals surface area (Å²) in [7, 11) is 0. The van der Waals surface area contributed by atoms with E-state index in [1.165, 1.54) is 12.1 Å². The molecule has 1 nitrogen and oxygen atoms in total. The predicted octanol–water partition coefficient (Wildman–Crippen LogP) is 3.97. The van der Waals surface area contributed by atoms with Crippen LogP contribution in [0.3, 0.4) is 0 Å². The highest BCUT2D eigenvalue weighted by molar-refractivity contribution is 5.18. The van der Waals surface area contributed by atoms with E-state index in [1.54, 1.807) is 0 Å². The van der Waals surface area contributed by atoms with Crippen LogP contribution in [0.15, 0.2) is 30.9 Å². The molecule has 1 aromatic carbocycles. The Morgan fingerprint density at radius 3 is 2.39 bits per heavy atom. The van der Waals surface area contributed by atoms with Gasteiger partial charge in [0.15, 0.2) is 0 Å². The number of hydrogen-bond acceptors (Lipinski definition) is 1. The third-order valence-electron chi connectivity index (χ3n) is 2.90. The molecule has 0 aliphatic rings. The van der Waals surface area contributed by atoms with Crippen LogP contribution in [-0.2, 0) is 6.42 Å². The van der Waals surface area contributed by atoms with E-state index in [4.69, 9.17) is 5.73 Å². The van der Waals surface area contributed by atoms with Gasteiger partial charge >= 0.3 is 0 Å². The fourth-order valence-electron chi connectivity index (χ4n) is 2.01. The van der Waals surface area contributed by atoms with E-state index >= 15 is 0 Å². The molecule has 0 amide bonds. The summed E-state index contributed by atoms with van der Waals surface area (Å²) in [6.45, 7) is 3.67. The van der Waals surface area contributed by atoms with E-state index in [2.05, 4.69) is 6.58 Å². The van der Waals surface area contributed by atoms with Crippen molar-refractivity contribution < 1.29 is 8.78 Å². The molecule has 1 aromatic rings. The average Bonchev–Trinajstić information content (AvgIpc) is 2.27. The van der Waals surface area contributed by atoms with Crippen molar-refractivity contribution in [1.29, 1.82) is 0 Å². The lowest BCUT2D eigenvalue weighted by atomic mass is 10.0. The number of allylic oxidation sites excluding steroid dienone is 1. The van der Waals surface area contributed by atoms with Gasteiger partial charge in [-0.15, -0.1) is 6.58 Å². The van der Waals surface area contributed by atoms with Gasteiger partial charge in [0.2, 0.25) is 0 Å². The van der Waals surface area contributed by atoms with Gasteiger partial charge in [0.05, 0.1) is 0 Å². The first-order chi connectivity index (χ1) is 8.61. The second-order valence-corrected chi connectivity index (χ2v) is 4.67. The average molecular weight is 253 g/mol. The van der Waals surface area contributed by atoms with E-state index in [1.807, 2.05) is 6.08 Å². The maximum absolute atomic E-state index is 13.0. The van der Waals surface area contributed by atoms with Gasteiger partial charge in [-0.2, -0.15) is 0 Å². The van der Waals surface area contributed by atoms with Gasteiger partial charge in [0.25, 0.3) is 0 Å². The minimum atomic E-state index is -0.539. The fraction of sp³-hybridized carbons (Fsp3) is 0.467. The molecule has 0 radical (unpaired) electrons. The second-order valence-electron chi connectivity index (χ2n) is 4.67. The third kappa shape index (κ3) is 5.92. The van der Waals surface area contributed by atoms with Crippen LogP contribution in [0, 0.1) is 11.6 Å². The molecule has 1 atom stereocenters. The topological polar surface area (TPSA) is 26.0 Å². The van der Waals surface area contributed by atoms with Gasteiger partial charge in [-0.1, -0.05) is 18.9 Å². The molecule has 0 fully saturated rings. The first kappa shape index (κ1) is 14.8. The Hall–Kier alpha value is -1.22. The smallest absolute Gasteiger partial charge is 0.126 e. The van der Waals surface area contributed by atoms with Gasteiger partial charge in [0, 0.05) is 12.1 Å². The third-order valence-corrected chi connectivity index (χ3v) is 2.90. The summed E-state index contributed by atoms with van der Waals surface area (Å²) in [5.41, 5.74) is 6.59. The van der Waals surface area contributed by atoms with E-state index in [9.17, 15) is 8.78 Å². The molecule has 2 N–H and O–H groups in total. The van der Waals surface area contributed by atoms with Crippen molar-refractivity contribution >= 4 is 0 Å². The molecular weight excluding hydrogens is 232 g/mol. The predicted molar refractivity (Wildman–Crippen MR) is 71.3 cm³/mol. The minimum Gasteiger partial charge on any atom is -0.327 e. The number of benzene rings is 1. The van der Waals surface area contributed by atoms with E-state index in [-0.39, 0.29) is 6.04 Å². The van der Waals surface area contributed by atoms with Crippen LogP contribution < -0.4 is 5.73 Å². The standard InChI is InChI=1S/C15H21F2N/c1-2-3-4-5-6-7-15(18)10-12-8-13(16)11-14(17)9-12/h2,8-9,11,15H,1,3-7,10,18H2. The summed E-state index contributed by atoms with van der Waals surface area (Å²) in [5.74, 6) is -1.08. The fourth-order valence-corrected chi connectivity index (χ4v) is 2.01. The first-order valence-electron chi connectivity index (χ1n) is 6.43. The summed E-state index contributed by atoms with van der Waals surface area (Å²) in [6.07, 6.45) is 7.65. The van der Waals surface area contributed by atoms with Gasteiger partial charge in [-0.3, -0.25) is 0 Å². The molecular formula is C15H21F2N. The monoisotopic (exact) mass is 253 g/mol. The molecule has 0 spiro atoms. The Labute approximate surface area is 108 Å². The zero-order chi connectivity index (χ0) is 13.4. The summed E-state index contributed by atoms with van der Waals surface area (Å²) in [5, 5.41) is 0. The highest BCUT2D eigenvalue weighted by atomic mass is 19.1. The Morgan fingerprint density at radius 1 is 1.11 bits per heavy atom. The second kappa shape index (κ2) is 7.98. The number of rotatable bonds is 8. The van der Waals surface area contributed by atoms with E-state index < -0.39 is 11.6 Å². The number of unbranched alkanes of at least 4 members (excludes halogenated alkanes) is 3. The normalized spacial score (nSPS) is 12.4. The molecule has 0 saturated heterocycles. The zero-order valence-electron chi connectivity index (χ0n) is 10.7. The van der Waals surface area contributed by atoms with Gasteiger partial charge in [-0.05, 0) is 43.4 Å². The SMILES string of the molecule is C=CCCCCCC(N)Cc1cc(F)cc(F)c1. The zero-order valence-corrected chi connectivity index (χ0v) is 10.7. The number of halogens is 2. The van der Waals surface area contributed by atoms with Gasteiger partial charge < -0.3 is 5.73 Å².